The van der Waals surface area contributed by atoms with Crippen LogP contribution in [0.25, 0.3) is 0 Å². The van der Waals surface area contributed by atoms with Crippen molar-refractivity contribution in [3.63, 3.8) is 0 Å². The average molecular weight is 504 g/mol. The number of likely N-dealkylation sites (N-methyl/N-ethyl adjacent to an activating group) is 1. The molecule has 196 valence electrons. The molecule has 1 aromatic carbocycles. The number of rotatable bonds is 16. The van der Waals surface area contributed by atoms with Crippen LogP contribution >= 0.6 is 11.8 Å². The van der Waals surface area contributed by atoms with Gasteiger partial charge in [0.15, 0.2) is 0 Å². The van der Waals surface area contributed by atoms with Gasteiger partial charge in [0.1, 0.15) is 6.29 Å². The van der Waals surface area contributed by atoms with Gasteiger partial charge in [0.25, 0.3) is 0 Å². The summed E-state index contributed by atoms with van der Waals surface area (Å²) in [7, 11) is 1.87. The predicted octanol–water partition coefficient (Wildman–Crippen LogP) is 5.29. The Labute approximate surface area is 216 Å². The van der Waals surface area contributed by atoms with E-state index in [2.05, 4.69) is 44.0 Å². The lowest BCUT2D eigenvalue weighted by Gasteiger charge is -2.30. The van der Waals surface area contributed by atoms with Crippen molar-refractivity contribution in [3.8, 4) is 0 Å². The summed E-state index contributed by atoms with van der Waals surface area (Å²) in [6, 6.07) is 6.85. The highest BCUT2D eigenvalue weighted by Gasteiger charge is 2.30. The predicted molar refractivity (Wildman–Crippen MR) is 145 cm³/mol. The molecule has 1 heterocycles. The SMILES string of the molecule is CC(C)N(CCCCCCCCSc1ccc(C=O)c(CN(C)C2CCC(=O)NC2=O)c1)C(C)C. The topological polar surface area (TPSA) is 69.7 Å². The van der Waals surface area contributed by atoms with Gasteiger partial charge >= 0.3 is 0 Å². The van der Waals surface area contributed by atoms with E-state index in [1.165, 1.54) is 45.1 Å². The second-order valence-electron chi connectivity index (χ2n) is 10.3. The Morgan fingerprint density at radius 3 is 2.31 bits per heavy atom. The monoisotopic (exact) mass is 503 g/mol. The van der Waals surface area contributed by atoms with Crippen LogP contribution in [-0.2, 0) is 16.1 Å². The molecule has 0 aliphatic carbocycles. The highest BCUT2D eigenvalue weighted by atomic mass is 32.2. The molecule has 0 spiro atoms. The number of hydrogen-bond donors (Lipinski definition) is 1. The lowest BCUT2D eigenvalue weighted by molar-refractivity contribution is -0.137. The van der Waals surface area contributed by atoms with Gasteiger partial charge in [-0.2, -0.15) is 0 Å². The first kappa shape index (κ1) is 29.5. The summed E-state index contributed by atoms with van der Waals surface area (Å²) in [5.41, 5.74) is 1.58. The number of imide groups is 1. The highest BCUT2D eigenvalue weighted by molar-refractivity contribution is 7.99. The number of carbonyl (C=O) groups excluding carboxylic acids is 3. The summed E-state index contributed by atoms with van der Waals surface area (Å²) < 4.78 is 0. The molecule has 2 amide bonds. The Kier molecular flexibility index (Phi) is 13.0. The third kappa shape index (κ3) is 10.1. The van der Waals surface area contributed by atoms with Crippen molar-refractivity contribution >= 4 is 29.9 Å². The molecule has 1 aromatic rings. The Bertz CT molecular complexity index is 820. The molecule has 35 heavy (non-hydrogen) atoms. The van der Waals surface area contributed by atoms with E-state index in [-0.39, 0.29) is 17.9 Å². The van der Waals surface area contributed by atoms with Crippen molar-refractivity contribution in [2.75, 3.05) is 19.3 Å². The van der Waals surface area contributed by atoms with Crippen LogP contribution in [0.3, 0.4) is 0 Å². The molecule has 0 bridgehead atoms. The van der Waals surface area contributed by atoms with Gasteiger partial charge in [0.2, 0.25) is 11.8 Å². The van der Waals surface area contributed by atoms with Crippen LogP contribution in [0.5, 0.6) is 0 Å². The second-order valence-corrected chi connectivity index (χ2v) is 11.4. The Morgan fingerprint density at radius 2 is 1.69 bits per heavy atom. The van der Waals surface area contributed by atoms with Crippen LogP contribution in [0.1, 0.15) is 95.0 Å². The number of benzene rings is 1. The minimum absolute atomic E-state index is 0.212. The van der Waals surface area contributed by atoms with Crippen molar-refractivity contribution in [2.24, 2.45) is 0 Å². The maximum absolute atomic E-state index is 12.2. The molecule has 1 aliphatic heterocycles. The van der Waals surface area contributed by atoms with E-state index in [0.717, 1.165) is 22.5 Å². The first-order chi connectivity index (χ1) is 16.7. The number of piperidine rings is 1. The summed E-state index contributed by atoms with van der Waals surface area (Å²) in [6.45, 7) is 10.8. The van der Waals surface area contributed by atoms with E-state index >= 15 is 0 Å². The average Bonchev–Trinajstić information content (AvgIpc) is 2.79. The van der Waals surface area contributed by atoms with Crippen molar-refractivity contribution in [1.82, 2.24) is 15.1 Å². The van der Waals surface area contributed by atoms with Crippen LogP contribution in [0.4, 0.5) is 0 Å². The van der Waals surface area contributed by atoms with Gasteiger partial charge in [-0.1, -0.05) is 31.7 Å². The van der Waals surface area contributed by atoms with Gasteiger partial charge in [-0.25, -0.2) is 0 Å². The largest absolute Gasteiger partial charge is 0.299 e. The molecule has 1 saturated heterocycles. The molecule has 0 saturated carbocycles. The molecule has 1 aliphatic rings. The summed E-state index contributed by atoms with van der Waals surface area (Å²) >= 11 is 1.83. The molecule has 0 aromatic heterocycles. The normalized spacial score (nSPS) is 16.5. The molecule has 1 atom stereocenters. The second kappa shape index (κ2) is 15.4. The summed E-state index contributed by atoms with van der Waals surface area (Å²) in [6.07, 6.45) is 9.37. The standard InChI is InChI=1S/C28H45N3O3S/c1-21(2)31(22(3)4)16-10-8-6-7-9-11-17-35-25-13-12-23(20-32)24(18-25)19-30(5)26-14-15-27(33)29-28(26)34/h12-13,18,20-22,26H,6-11,14-17,19H2,1-5H3,(H,29,33,34). The van der Waals surface area contributed by atoms with E-state index in [1.807, 2.05) is 35.8 Å². The number of nitrogens with zero attached hydrogens (tertiary/aromatic N) is 2. The molecule has 2 rings (SSSR count). The van der Waals surface area contributed by atoms with Gasteiger partial charge in [-0.3, -0.25) is 29.5 Å². The fourth-order valence-corrected chi connectivity index (χ4v) is 5.79. The van der Waals surface area contributed by atoms with Gasteiger partial charge in [0.05, 0.1) is 6.04 Å². The molecule has 0 radical (unpaired) electrons. The smallest absolute Gasteiger partial charge is 0.243 e. The zero-order valence-corrected chi connectivity index (χ0v) is 23.2. The first-order valence-electron chi connectivity index (χ1n) is 13.2. The summed E-state index contributed by atoms with van der Waals surface area (Å²) in [5.74, 6) is 0.603. The fourth-order valence-electron chi connectivity index (χ4n) is 4.81. The molecule has 1 fully saturated rings. The van der Waals surface area contributed by atoms with Crippen LogP contribution in [0.2, 0.25) is 0 Å². The number of thioether (sulfide) groups is 1. The van der Waals surface area contributed by atoms with E-state index < -0.39 is 0 Å². The maximum atomic E-state index is 12.2. The zero-order chi connectivity index (χ0) is 25.8. The van der Waals surface area contributed by atoms with Crippen molar-refractivity contribution < 1.29 is 14.4 Å². The molecule has 1 N–H and O–H groups in total. The van der Waals surface area contributed by atoms with Crippen LogP contribution in [0.15, 0.2) is 23.1 Å². The Hall–Kier alpha value is -1.70. The van der Waals surface area contributed by atoms with Crippen LogP contribution < -0.4 is 5.32 Å². The number of unbranched alkanes of at least 4 members (excludes halogenated alkanes) is 5. The Morgan fingerprint density at radius 1 is 1.03 bits per heavy atom. The first-order valence-corrected chi connectivity index (χ1v) is 14.2. The molecule has 1 unspecified atom stereocenters. The molecular weight excluding hydrogens is 458 g/mol. The fraction of sp³-hybridized carbons (Fsp3) is 0.679. The number of nitrogens with one attached hydrogen (secondary N) is 1. The number of hydrogen-bond acceptors (Lipinski definition) is 6. The Balaban J connectivity index is 1.71. The number of aldehydes is 1. The summed E-state index contributed by atoms with van der Waals surface area (Å²) in [4.78, 5) is 40.8. The van der Waals surface area contributed by atoms with E-state index in [0.29, 0.717) is 37.0 Å². The van der Waals surface area contributed by atoms with Crippen LogP contribution in [0, 0.1) is 0 Å². The minimum Gasteiger partial charge on any atom is -0.299 e. The quantitative estimate of drug-likeness (QED) is 0.143. The number of carbonyl (C=O) groups is 3. The lowest BCUT2D eigenvalue weighted by Crippen LogP contribution is -2.51. The van der Waals surface area contributed by atoms with Gasteiger partial charge in [-0.05, 0) is 84.0 Å². The lowest BCUT2D eigenvalue weighted by atomic mass is 10.0. The number of amides is 2. The summed E-state index contributed by atoms with van der Waals surface area (Å²) in [5, 5.41) is 2.41. The van der Waals surface area contributed by atoms with Crippen molar-refractivity contribution in [3.05, 3.63) is 29.3 Å². The van der Waals surface area contributed by atoms with E-state index in [9.17, 15) is 14.4 Å². The zero-order valence-electron chi connectivity index (χ0n) is 22.3. The van der Waals surface area contributed by atoms with Gasteiger partial charge in [0, 0.05) is 35.5 Å². The maximum Gasteiger partial charge on any atom is 0.243 e. The van der Waals surface area contributed by atoms with Crippen molar-refractivity contribution in [1.29, 1.82) is 0 Å². The van der Waals surface area contributed by atoms with Gasteiger partial charge in [-0.15, -0.1) is 11.8 Å². The molecule has 7 heteroatoms. The highest BCUT2D eigenvalue weighted by Crippen LogP contribution is 2.25. The van der Waals surface area contributed by atoms with Crippen LogP contribution in [-0.4, -0.2) is 65.4 Å². The minimum atomic E-state index is -0.345. The molecule has 6 nitrogen and oxygen atoms in total. The van der Waals surface area contributed by atoms with Gasteiger partial charge < -0.3 is 0 Å². The third-order valence-corrected chi connectivity index (χ3v) is 7.89. The molecular formula is C28H45N3O3S. The van der Waals surface area contributed by atoms with Crippen molar-refractivity contribution in [2.45, 2.75) is 109 Å². The third-order valence-electron chi connectivity index (χ3n) is 6.81. The van der Waals surface area contributed by atoms with E-state index in [1.54, 1.807) is 0 Å². The van der Waals surface area contributed by atoms with E-state index in [4.69, 9.17) is 0 Å².